The molecule has 72 valence electrons. The van der Waals surface area contributed by atoms with E-state index in [9.17, 15) is 0 Å². The minimum Gasteiger partial charge on any atom is -0.324 e. The van der Waals surface area contributed by atoms with Gasteiger partial charge in [-0.3, -0.25) is 0 Å². The van der Waals surface area contributed by atoms with Crippen LogP contribution in [0.5, 0.6) is 0 Å². The van der Waals surface area contributed by atoms with Crippen LogP contribution >= 0.6 is 27.3 Å². The van der Waals surface area contributed by atoms with Crippen LogP contribution in [0.1, 0.15) is 23.6 Å². The molecule has 0 aliphatic rings. The molecule has 2 N–H and O–H groups in total. The Bertz CT molecular complexity index is 306. The van der Waals surface area contributed by atoms with Crippen LogP contribution in [0, 0.1) is 6.92 Å². The van der Waals surface area contributed by atoms with Gasteiger partial charge < -0.3 is 5.73 Å². The van der Waals surface area contributed by atoms with Crippen LogP contribution in [0.4, 0.5) is 0 Å². The average Bonchev–Trinajstić information content (AvgIpc) is 2.31. The summed E-state index contributed by atoms with van der Waals surface area (Å²) in [4.78, 5) is 2.57. The Morgan fingerprint density at radius 3 is 2.69 bits per heavy atom. The Kier molecular flexibility index (Phi) is 3.71. The van der Waals surface area contributed by atoms with Gasteiger partial charge in [0, 0.05) is 20.3 Å². The fraction of sp³-hybridized carbons (Fsp3) is 0.400. The van der Waals surface area contributed by atoms with Crippen LogP contribution in [-0.4, -0.2) is 6.04 Å². The number of thiophene rings is 1. The zero-order chi connectivity index (χ0) is 10.0. The number of rotatable bonds is 2. The van der Waals surface area contributed by atoms with E-state index >= 15 is 0 Å². The maximum absolute atomic E-state index is 5.75. The number of hydrogen-bond acceptors (Lipinski definition) is 2. The first-order chi connectivity index (χ1) is 6.00. The van der Waals surface area contributed by atoms with E-state index in [0.717, 1.165) is 0 Å². The molecule has 1 rings (SSSR count). The SMILES string of the molecule is CC(=Cc1cc(Br)c(C)s1)C(C)N. The van der Waals surface area contributed by atoms with Crippen molar-refractivity contribution in [2.45, 2.75) is 26.8 Å². The van der Waals surface area contributed by atoms with Gasteiger partial charge in [0.2, 0.25) is 0 Å². The maximum Gasteiger partial charge on any atom is 0.0317 e. The van der Waals surface area contributed by atoms with Crippen molar-refractivity contribution in [3.63, 3.8) is 0 Å². The first-order valence-corrected chi connectivity index (χ1v) is 5.81. The minimum absolute atomic E-state index is 0.140. The summed E-state index contributed by atoms with van der Waals surface area (Å²) in [6, 6.07) is 2.27. The molecule has 1 atom stereocenters. The summed E-state index contributed by atoms with van der Waals surface area (Å²) in [5, 5.41) is 0. The van der Waals surface area contributed by atoms with Gasteiger partial charge in [-0.25, -0.2) is 0 Å². The summed E-state index contributed by atoms with van der Waals surface area (Å²) in [5.74, 6) is 0. The van der Waals surface area contributed by atoms with E-state index in [0.29, 0.717) is 0 Å². The van der Waals surface area contributed by atoms with Crippen molar-refractivity contribution in [3.05, 3.63) is 25.9 Å². The van der Waals surface area contributed by atoms with Crippen LogP contribution in [0.2, 0.25) is 0 Å². The van der Waals surface area contributed by atoms with Crippen LogP contribution in [0.25, 0.3) is 6.08 Å². The van der Waals surface area contributed by atoms with E-state index in [2.05, 4.69) is 41.9 Å². The normalized spacial score (nSPS) is 14.7. The molecule has 0 amide bonds. The molecule has 1 aromatic rings. The van der Waals surface area contributed by atoms with Crippen molar-refractivity contribution in [2.24, 2.45) is 5.73 Å². The summed E-state index contributed by atoms with van der Waals surface area (Å²) < 4.78 is 1.18. The molecule has 0 aliphatic heterocycles. The van der Waals surface area contributed by atoms with E-state index in [1.54, 1.807) is 11.3 Å². The molecule has 1 aromatic heterocycles. The molecule has 0 aromatic carbocycles. The van der Waals surface area contributed by atoms with Gasteiger partial charge in [0.1, 0.15) is 0 Å². The predicted molar refractivity (Wildman–Crippen MR) is 64.1 cm³/mol. The summed E-state index contributed by atoms with van der Waals surface area (Å²) in [5.41, 5.74) is 6.97. The van der Waals surface area contributed by atoms with E-state index < -0.39 is 0 Å². The van der Waals surface area contributed by atoms with Crippen molar-refractivity contribution >= 4 is 33.3 Å². The molecule has 0 saturated heterocycles. The highest BCUT2D eigenvalue weighted by molar-refractivity contribution is 9.10. The second kappa shape index (κ2) is 4.40. The van der Waals surface area contributed by atoms with Gasteiger partial charge in [-0.1, -0.05) is 5.57 Å². The Morgan fingerprint density at radius 1 is 1.69 bits per heavy atom. The third kappa shape index (κ3) is 2.93. The van der Waals surface area contributed by atoms with Gasteiger partial charge >= 0.3 is 0 Å². The number of nitrogens with two attached hydrogens (primary N) is 1. The summed E-state index contributed by atoms with van der Waals surface area (Å²) in [7, 11) is 0. The number of aryl methyl sites for hydroxylation is 1. The smallest absolute Gasteiger partial charge is 0.0317 e. The third-order valence-electron chi connectivity index (χ3n) is 1.96. The van der Waals surface area contributed by atoms with Gasteiger partial charge in [0.15, 0.2) is 0 Å². The van der Waals surface area contributed by atoms with Crippen molar-refractivity contribution < 1.29 is 0 Å². The monoisotopic (exact) mass is 259 g/mol. The molecule has 1 unspecified atom stereocenters. The molecule has 0 saturated carbocycles. The Labute approximate surface area is 91.8 Å². The fourth-order valence-corrected chi connectivity index (χ4v) is 2.48. The summed E-state index contributed by atoms with van der Waals surface area (Å²) >= 11 is 5.27. The highest BCUT2D eigenvalue weighted by atomic mass is 79.9. The van der Waals surface area contributed by atoms with Gasteiger partial charge in [0.25, 0.3) is 0 Å². The first kappa shape index (κ1) is 11.0. The van der Waals surface area contributed by atoms with Crippen molar-refractivity contribution in [3.8, 4) is 0 Å². The van der Waals surface area contributed by atoms with Crippen molar-refractivity contribution in [1.82, 2.24) is 0 Å². The van der Waals surface area contributed by atoms with Crippen LogP contribution < -0.4 is 5.73 Å². The fourth-order valence-electron chi connectivity index (χ4n) is 0.908. The third-order valence-corrected chi connectivity index (χ3v) is 4.05. The van der Waals surface area contributed by atoms with Gasteiger partial charge in [-0.15, -0.1) is 11.3 Å². The standard InChI is InChI=1S/C10H14BrNS/c1-6(7(2)12)4-9-5-10(11)8(3)13-9/h4-5,7H,12H2,1-3H3. The van der Waals surface area contributed by atoms with Gasteiger partial charge in [-0.05, 0) is 48.8 Å². The largest absolute Gasteiger partial charge is 0.324 e. The van der Waals surface area contributed by atoms with Crippen LogP contribution in [0.3, 0.4) is 0 Å². The summed E-state index contributed by atoms with van der Waals surface area (Å²) in [6.07, 6.45) is 2.15. The van der Waals surface area contributed by atoms with E-state index in [-0.39, 0.29) is 6.04 Å². The van der Waals surface area contributed by atoms with Gasteiger partial charge in [-0.2, -0.15) is 0 Å². The lowest BCUT2D eigenvalue weighted by atomic mass is 10.1. The zero-order valence-electron chi connectivity index (χ0n) is 8.10. The van der Waals surface area contributed by atoms with E-state index in [1.165, 1.54) is 19.8 Å². The molecule has 0 radical (unpaired) electrons. The van der Waals surface area contributed by atoms with E-state index in [4.69, 9.17) is 5.73 Å². The minimum atomic E-state index is 0.140. The van der Waals surface area contributed by atoms with Crippen LogP contribution in [-0.2, 0) is 0 Å². The van der Waals surface area contributed by atoms with Crippen molar-refractivity contribution in [2.75, 3.05) is 0 Å². The number of halogens is 1. The molecule has 0 fully saturated rings. The van der Waals surface area contributed by atoms with E-state index in [1.807, 2.05) is 6.92 Å². The number of hydrogen-bond donors (Lipinski definition) is 1. The quantitative estimate of drug-likeness (QED) is 0.864. The second-order valence-corrected chi connectivity index (χ2v) is 5.37. The highest BCUT2D eigenvalue weighted by Gasteiger charge is 2.02. The Morgan fingerprint density at radius 2 is 2.31 bits per heavy atom. The Balaban J connectivity index is 2.91. The average molecular weight is 260 g/mol. The second-order valence-electron chi connectivity index (χ2n) is 3.23. The highest BCUT2D eigenvalue weighted by Crippen LogP contribution is 2.28. The first-order valence-electron chi connectivity index (χ1n) is 4.20. The lowest BCUT2D eigenvalue weighted by Gasteiger charge is -2.03. The molecular weight excluding hydrogens is 246 g/mol. The zero-order valence-corrected chi connectivity index (χ0v) is 10.5. The molecule has 0 spiro atoms. The maximum atomic E-state index is 5.75. The lowest BCUT2D eigenvalue weighted by Crippen LogP contribution is -2.15. The molecule has 0 bridgehead atoms. The molecule has 1 nitrogen and oxygen atoms in total. The molecule has 13 heavy (non-hydrogen) atoms. The van der Waals surface area contributed by atoms with Crippen LogP contribution in [0.15, 0.2) is 16.1 Å². The lowest BCUT2D eigenvalue weighted by molar-refractivity contribution is 0.868. The molecular formula is C10H14BrNS. The van der Waals surface area contributed by atoms with Gasteiger partial charge in [0.05, 0.1) is 0 Å². The molecule has 3 heteroatoms. The predicted octanol–water partition coefficient (Wildman–Crippen LogP) is 3.57. The molecule has 1 heterocycles. The Hall–Kier alpha value is -0.120. The summed E-state index contributed by atoms with van der Waals surface area (Å²) in [6.45, 7) is 6.17. The molecule has 0 aliphatic carbocycles. The van der Waals surface area contributed by atoms with Crippen molar-refractivity contribution in [1.29, 1.82) is 0 Å². The topological polar surface area (TPSA) is 26.0 Å².